The normalized spacial score (nSPS) is 9.23. The quantitative estimate of drug-likeness (QED) is 0.506. The van der Waals surface area contributed by atoms with E-state index in [0.717, 1.165) is 5.56 Å². The Bertz CT molecular complexity index is 609. The molecule has 7 N–H and O–H groups in total. The van der Waals surface area contributed by atoms with Crippen LogP contribution in [0.2, 0.25) is 0 Å². The number of hydrogen-bond acceptors (Lipinski definition) is 8. The number of nitrogens with two attached hydrogens (primary N) is 3. The van der Waals surface area contributed by atoms with Crippen LogP contribution in [0.4, 0.5) is 0 Å². The first-order valence-electron chi connectivity index (χ1n) is 7.44. The first-order valence-corrected chi connectivity index (χ1v) is 8.88. The third-order valence-electron chi connectivity index (χ3n) is 2.18. The minimum Gasteiger partial charge on any atom is -0.324 e. The molecule has 0 fully saturated rings. The van der Waals surface area contributed by atoms with Gasteiger partial charge in [-0.2, -0.15) is 8.42 Å². The summed E-state index contributed by atoms with van der Waals surface area (Å²) in [5, 5.41) is 0. The van der Waals surface area contributed by atoms with E-state index in [-0.39, 0.29) is 41.9 Å². The molecule has 0 spiro atoms. The van der Waals surface area contributed by atoms with Crippen molar-refractivity contribution in [2.45, 2.75) is 32.6 Å². The van der Waals surface area contributed by atoms with E-state index in [1.807, 2.05) is 6.92 Å². The van der Waals surface area contributed by atoms with Crippen molar-refractivity contribution in [2.24, 2.45) is 17.2 Å². The number of rotatable bonds is 4. The Labute approximate surface area is 154 Å². The van der Waals surface area contributed by atoms with E-state index >= 15 is 0 Å². The van der Waals surface area contributed by atoms with Crippen molar-refractivity contribution in [1.29, 1.82) is 0 Å². The molecule has 9 nitrogen and oxygen atoms in total. The molecule has 0 saturated carbocycles. The summed E-state index contributed by atoms with van der Waals surface area (Å²) >= 11 is 0. The largest absolute Gasteiger partial charge is 0.324 e. The Kier molecular flexibility index (Phi) is 18.3. The molecule has 0 heterocycles. The Morgan fingerprint density at radius 3 is 1.19 bits per heavy atom. The first-order chi connectivity index (χ1) is 11.8. The van der Waals surface area contributed by atoms with Gasteiger partial charge in [0.2, 0.25) is 0 Å². The summed E-state index contributed by atoms with van der Waals surface area (Å²) in [4.78, 5) is 29.0. The van der Waals surface area contributed by atoms with Gasteiger partial charge < -0.3 is 17.2 Å². The maximum absolute atomic E-state index is 10.5. The van der Waals surface area contributed by atoms with Crippen LogP contribution in [-0.4, -0.2) is 50.0 Å². The van der Waals surface area contributed by atoms with Crippen molar-refractivity contribution in [1.82, 2.24) is 0 Å². The van der Waals surface area contributed by atoms with Crippen LogP contribution in [0.3, 0.4) is 0 Å². The van der Waals surface area contributed by atoms with Gasteiger partial charge in [-0.1, -0.05) is 17.7 Å². The predicted molar refractivity (Wildman–Crippen MR) is 100 cm³/mol. The maximum Gasteiger partial charge on any atom is 0.294 e. The summed E-state index contributed by atoms with van der Waals surface area (Å²) in [6.45, 7) is 6.72. The fourth-order valence-corrected chi connectivity index (χ4v) is 1.19. The Balaban J connectivity index is -0.000000300. The minimum atomic E-state index is -4.02. The molecule has 0 saturated heterocycles. The average Bonchev–Trinajstić information content (AvgIpc) is 2.55. The lowest BCUT2D eigenvalue weighted by molar-refractivity contribution is -0.116. The fraction of sp³-hybridized carbons (Fsp3) is 0.438. The summed E-state index contributed by atoms with van der Waals surface area (Å²) in [5.74, 6) is 0.0972. The number of carbonyl (C=O) groups is 3. The van der Waals surface area contributed by atoms with Gasteiger partial charge in [-0.25, -0.2) is 0 Å². The van der Waals surface area contributed by atoms with E-state index in [2.05, 4.69) is 0 Å². The highest BCUT2D eigenvalue weighted by atomic mass is 32.2. The van der Waals surface area contributed by atoms with E-state index in [1.165, 1.54) is 32.9 Å². The van der Waals surface area contributed by atoms with Gasteiger partial charge in [0.05, 0.1) is 24.5 Å². The lowest BCUT2D eigenvalue weighted by Crippen LogP contribution is -2.07. The average molecular weight is 391 g/mol. The fourth-order valence-electron chi connectivity index (χ4n) is 0.710. The van der Waals surface area contributed by atoms with Gasteiger partial charge in [-0.3, -0.25) is 18.9 Å². The number of Topliss-reactive ketones (excluding diaryl/α,β-unsaturated/α-hetero) is 3. The molecule has 0 aromatic heterocycles. The van der Waals surface area contributed by atoms with Crippen LogP contribution < -0.4 is 17.2 Å². The monoisotopic (exact) mass is 391 g/mol. The van der Waals surface area contributed by atoms with Crippen molar-refractivity contribution < 1.29 is 27.4 Å². The molecule has 0 aliphatic carbocycles. The van der Waals surface area contributed by atoms with E-state index in [9.17, 15) is 22.8 Å². The molecular weight excluding hydrogens is 362 g/mol. The minimum absolute atomic E-state index is 0.0324. The van der Waals surface area contributed by atoms with Gasteiger partial charge >= 0.3 is 0 Å². The summed E-state index contributed by atoms with van der Waals surface area (Å²) in [6, 6.07) is 5.99. The molecule has 0 unspecified atom stereocenters. The molecule has 0 aliphatic heterocycles. The van der Waals surface area contributed by atoms with Crippen LogP contribution in [0.5, 0.6) is 0 Å². The smallest absolute Gasteiger partial charge is 0.294 e. The van der Waals surface area contributed by atoms with E-state index in [0.29, 0.717) is 0 Å². The van der Waals surface area contributed by atoms with Gasteiger partial charge in [-0.05, 0) is 39.8 Å². The van der Waals surface area contributed by atoms with Gasteiger partial charge in [-0.15, -0.1) is 0 Å². The van der Waals surface area contributed by atoms with Crippen molar-refractivity contribution in [3.63, 3.8) is 0 Å². The van der Waals surface area contributed by atoms with Crippen LogP contribution >= 0.6 is 0 Å². The van der Waals surface area contributed by atoms with Crippen molar-refractivity contribution in [2.75, 3.05) is 19.6 Å². The zero-order valence-electron chi connectivity index (χ0n) is 15.6. The number of ketones is 3. The van der Waals surface area contributed by atoms with Crippen LogP contribution in [0.25, 0.3) is 0 Å². The van der Waals surface area contributed by atoms with Crippen molar-refractivity contribution in [3.8, 4) is 0 Å². The first kappa shape index (κ1) is 28.8. The molecule has 0 bridgehead atoms. The van der Waals surface area contributed by atoms with Gasteiger partial charge in [0.25, 0.3) is 10.1 Å². The van der Waals surface area contributed by atoms with Gasteiger partial charge in [0.15, 0.2) is 0 Å². The molecule has 0 amide bonds. The zero-order valence-corrected chi connectivity index (χ0v) is 16.4. The van der Waals surface area contributed by atoms with Gasteiger partial charge in [0.1, 0.15) is 17.3 Å². The molecule has 0 radical (unpaired) electrons. The number of aryl methyl sites for hydroxylation is 1. The maximum atomic E-state index is 10.5. The molecule has 1 rings (SSSR count). The molecule has 1 aromatic rings. The van der Waals surface area contributed by atoms with Crippen molar-refractivity contribution in [3.05, 3.63) is 29.8 Å². The third kappa shape index (κ3) is 24.3. The molecule has 0 aliphatic rings. The number of carbonyl (C=O) groups excluding carboxylic acids is 3. The Morgan fingerprint density at radius 2 is 1.04 bits per heavy atom. The molecule has 10 heteroatoms. The second-order valence-corrected chi connectivity index (χ2v) is 6.43. The molecule has 1 aromatic carbocycles. The van der Waals surface area contributed by atoms with Crippen LogP contribution in [0, 0.1) is 6.92 Å². The summed E-state index contributed by atoms with van der Waals surface area (Å²) in [6.07, 6.45) is 0. The van der Waals surface area contributed by atoms with Crippen LogP contribution in [-0.2, 0) is 24.5 Å². The highest BCUT2D eigenvalue weighted by Gasteiger charge is 2.06. The molecule has 0 atom stereocenters. The second-order valence-electron chi connectivity index (χ2n) is 5.01. The lowest BCUT2D eigenvalue weighted by atomic mass is 10.2. The third-order valence-corrected chi connectivity index (χ3v) is 3.05. The standard InChI is InChI=1S/C7H8O3S.3C3H7NO/c1-6-2-4-7(5-3-6)11(8,9)10;3*1-3(5)2-4/h2-5H,1H3,(H,8,9,10);3*2,4H2,1H3. The summed E-state index contributed by atoms with van der Waals surface area (Å²) in [7, 11) is -4.02. The topological polar surface area (TPSA) is 184 Å². The summed E-state index contributed by atoms with van der Waals surface area (Å²) in [5.41, 5.74) is 15.4. The second kappa shape index (κ2) is 16.5. The van der Waals surface area contributed by atoms with E-state index in [1.54, 1.807) is 12.1 Å². The van der Waals surface area contributed by atoms with Gasteiger partial charge in [0, 0.05) is 0 Å². The summed E-state index contributed by atoms with van der Waals surface area (Å²) < 4.78 is 29.6. The Morgan fingerprint density at radius 1 is 0.808 bits per heavy atom. The Hall–Kier alpha value is -1.98. The highest BCUT2D eigenvalue weighted by molar-refractivity contribution is 7.85. The molecule has 26 heavy (non-hydrogen) atoms. The van der Waals surface area contributed by atoms with Crippen molar-refractivity contribution >= 4 is 27.5 Å². The predicted octanol–water partition coefficient (Wildman–Crippen LogP) is -0.156. The van der Waals surface area contributed by atoms with Crippen LogP contribution in [0.1, 0.15) is 26.3 Å². The van der Waals surface area contributed by atoms with E-state index in [4.69, 9.17) is 21.8 Å². The number of benzene rings is 1. The molecular formula is C16H29N3O6S. The number of hydrogen-bond donors (Lipinski definition) is 4. The lowest BCUT2D eigenvalue weighted by Gasteiger charge is -1.95. The van der Waals surface area contributed by atoms with E-state index < -0.39 is 10.1 Å². The highest BCUT2D eigenvalue weighted by Crippen LogP contribution is 2.08. The zero-order chi connectivity index (χ0) is 21.3. The SMILES string of the molecule is CC(=O)CN.CC(=O)CN.CC(=O)CN.Cc1ccc(S(=O)(=O)O)cc1. The molecule has 150 valence electrons. The van der Waals surface area contributed by atoms with Crippen LogP contribution in [0.15, 0.2) is 29.2 Å².